The molecule has 0 spiro atoms. The number of hydrogen-bond acceptors (Lipinski definition) is 6. The molecule has 0 bridgehead atoms. The number of hydrogen-bond donors (Lipinski definition) is 0. The van der Waals surface area contributed by atoms with Gasteiger partial charge in [-0.25, -0.2) is 4.98 Å². The van der Waals surface area contributed by atoms with Gasteiger partial charge in [0.25, 0.3) is 0 Å². The van der Waals surface area contributed by atoms with Crippen LogP contribution in [0.25, 0.3) is 0 Å². The van der Waals surface area contributed by atoms with Crippen LogP contribution >= 0.6 is 0 Å². The summed E-state index contributed by atoms with van der Waals surface area (Å²) in [5.74, 6) is 2.77. The molecule has 0 saturated carbocycles. The number of pyridine rings is 1. The van der Waals surface area contributed by atoms with Crippen molar-refractivity contribution in [3.8, 4) is 5.88 Å². The Kier molecular flexibility index (Phi) is 5.57. The van der Waals surface area contributed by atoms with Gasteiger partial charge in [0.1, 0.15) is 5.82 Å². The quantitative estimate of drug-likeness (QED) is 0.786. The Balaban J connectivity index is 1.49. The van der Waals surface area contributed by atoms with E-state index in [0.717, 1.165) is 69.3 Å². The van der Waals surface area contributed by atoms with Gasteiger partial charge in [0, 0.05) is 38.7 Å². The van der Waals surface area contributed by atoms with Gasteiger partial charge in [0.15, 0.2) is 5.82 Å². The largest absolute Gasteiger partial charge is 0.481 e. The normalized spacial score (nSPS) is 20.1. The van der Waals surface area contributed by atoms with Crippen LogP contribution in [-0.4, -0.2) is 55.7 Å². The molecule has 28 heavy (non-hydrogen) atoms. The van der Waals surface area contributed by atoms with Crippen LogP contribution in [0.2, 0.25) is 0 Å². The molecule has 150 valence electrons. The Morgan fingerprint density at radius 1 is 1.21 bits per heavy atom. The van der Waals surface area contributed by atoms with E-state index in [1.165, 1.54) is 0 Å². The average Bonchev–Trinajstić information content (AvgIpc) is 3.16. The van der Waals surface area contributed by atoms with E-state index in [0.29, 0.717) is 12.3 Å². The Morgan fingerprint density at radius 2 is 2.11 bits per heavy atom. The van der Waals surface area contributed by atoms with Crippen LogP contribution in [0.1, 0.15) is 56.0 Å². The number of piperidine rings is 1. The molecule has 1 atom stereocenters. The first kappa shape index (κ1) is 18.9. The zero-order chi connectivity index (χ0) is 19.5. The Morgan fingerprint density at radius 3 is 2.93 bits per heavy atom. The van der Waals surface area contributed by atoms with Crippen LogP contribution in [0.5, 0.6) is 5.88 Å². The van der Waals surface area contributed by atoms with E-state index in [2.05, 4.69) is 24.6 Å². The molecule has 1 saturated heterocycles. The lowest BCUT2D eigenvalue weighted by Crippen LogP contribution is -2.40. The van der Waals surface area contributed by atoms with Crippen molar-refractivity contribution in [1.82, 2.24) is 29.5 Å². The molecule has 2 aliphatic heterocycles. The average molecular weight is 384 g/mol. The molecule has 0 N–H and O–H groups in total. The summed E-state index contributed by atoms with van der Waals surface area (Å²) in [6.45, 7) is 5.99. The van der Waals surface area contributed by atoms with Crippen molar-refractivity contribution in [2.75, 3.05) is 20.2 Å². The van der Waals surface area contributed by atoms with Gasteiger partial charge in [-0.05, 0) is 25.3 Å². The minimum absolute atomic E-state index is 0.0639. The number of carbonyl (C=O) groups excluding carboxylic acids is 1. The zero-order valence-electron chi connectivity index (χ0n) is 16.7. The molecule has 0 aliphatic carbocycles. The number of amides is 1. The summed E-state index contributed by atoms with van der Waals surface area (Å²) in [5, 5.41) is 8.98. The highest BCUT2D eigenvalue weighted by molar-refractivity contribution is 5.76. The van der Waals surface area contributed by atoms with Crippen molar-refractivity contribution < 1.29 is 9.53 Å². The number of nitrogens with zero attached hydrogens (tertiary/aromatic N) is 6. The molecule has 4 heterocycles. The highest BCUT2D eigenvalue weighted by Gasteiger charge is 2.33. The van der Waals surface area contributed by atoms with E-state index in [9.17, 15) is 4.79 Å². The summed E-state index contributed by atoms with van der Waals surface area (Å²) in [6, 6.07) is 5.91. The maximum Gasteiger partial charge on any atom is 0.222 e. The van der Waals surface area contributed by atoms with Gasteiger partial charge >= 0.3 is 0 Å². The molecule has 0 aromatic carbocycles. The van der Waals surface area contributed by atoms with Crippen molar-refractivity contribution in [3.05, 3.63) is 35.5 Å². The van der Waals surface area contributed by atoms with Crippen molar-refractivity contribution in [2.45, 2.75) is 58.3 Å². The maximum atomic E-state index is 12.4. The predicted molar refractivity (Wildman–Crippen MR) is 104 cm³/mol. The van der Waals surface area contributed by atoms with Crippen molar-refractivity contribution in [1.29, 1.82) is 0 Å². The van der Waals surface area contributed by atoms with Crippen LogP contribution < -0.4 is 4.74 Å². The van der Waals surface area contributed by atoms with Crippen LogP contribution in [0, 0.1) is 0 Å². The SMILES string of the molecule is CCC(=O)N1CCCCC1c1nnc2n1CCN(Cc1cccc(OC)n1)C2. The molecule has 2 aliphatic rings. The number of ether oxygens (including phenoxy) is 1. The monoisotopic (exact) mass is 384 g/mol. The second-order valence-electron chi connectivity index (χ2n) is 7.46. The van der Waals surface area contributed by atoms with Gasteiger partial charge in [0.05, 0.1) is 25.4 Å². The molecule has 4 rings (SSSR count). The second kappa shape index (κ2) is 8.26. The van der Waals surface area contributed by atoms with E-state index < -0.39 is 0 Å². The lowest BCUT2D eigenvalue weighted by molar-refractivity contribution is -0.135. The van der Waals surface area contributed by atoms with E-state index in [1.807, 2.05) is 30.0 Å². The lowest BCUT2D eigenvalue weighted by atomic mass is 10.0. The minimum Gasteiger partial charge on any atom is -0.481 e. The minimum atomic E-state index is 0.0639. The fourth-order valence-corrected chi connectivity index (χ4v) is 4.20. The van der Waals surface area contributed by atoms with Gasteiger partial charge in [-0.1, -0.05) is 13.0 Å². The van der Waals surface area contributed by atoms with Gasteiger partial charge in [-0.15, -0.1) is 10.2 Å². The first-order chi connectivity index (χ1) is 13.7. The molecular weight excluding hydrogens is 356 g/mol. The second-order valence-corrected chi connectivity index (χ2v) is 7.46. The summed E-state index contributed by atoms with van der Waals surface area (Å²) in [4.78, 5) is 21.2. The van der Waals surface area contributed by atoms with Gasteiger partial charge in [0.2, 0.25) is 11.8 Å². The fourth-order valence-electron chi connectivity index (χ4n) is 4.20. The number of methoxy groups -OCH3 is 1. The molecular formula is C20H28N6O2. The van der Waals surface area contributed by atoms with Crippen LogP contribution in [-0.2, 0) is 24.4 Å². The number of fused-ring (bicyclic) bond motifs is 1. The van der Waals surface area contributed by atoms with Crippen LogP contribution in [0.15, 0.2) is 18.2 Å². The third-order valence-corrected chi connectivity index (χ3v) is 5.66. The van der Waals surface area contributed by atoms with Gasteiger partial charge < -0.3 is 14.2 Å². The number of likely N-dealkylation sites (tertiary alicyclic amines) is 1. The molecule has 1 unspecified atom stereocenters. The van der Waals surface area contributed by atoms with Crippen LogP contribution in [0.4, 0.5) is 0 Å². The number of carbonyl (C=O) groups is 1. The Labute approximate surface area is 165 Å². The number of aromatic nitrogens is 4. The molecule has 8 nitrogen and oxygen atoms in total. The Bertz CT molecular complexity index is 836. The van der Waals surface area contributed by atoms with Gasteiger partial charge in [-0.2, -0.15) is 0 Å². The fraction of sp³-hybridized carbons (Fsp3) is 0.600. The zero-order valence-corrected chi connectivity index (χ0v) is 16.7. The standard InChI is InChI=1S/C20H28N6O2/c1-3-19(27)25-10-5-4-8-16(25)20-23-22-17-14-24(11-12-26(17)20)13-15-7-6-9-18(21-15)28-2/h6-7,9,16H,3-5,8,10-14H2,1-2H3. The highest BCUT2D eigenvalue weighted by atomic mass is 16.5. The maximum absolute atomic E-state index is 12.4. The lowest BCUT2D eigenvalue weighted by Gasteiger charge is -2.36. The van der Waals surface area contributed by atoms with Crippen LogP contribution in [0.3, 0.4) is 0 Å². The summed E-state index contributed by atoms with van der Waals surface area (Å²) >= 11 is 0. The highest BCUT2D eigenvalue weighted by Crippen LogP contribution is 2.31. The van der Waals surface area contributed by atoms with E-state index in [4.69, 9.17) is 4.74 Å². The summed E-state index contributed by atoms with van der Waals surface area (Å²) in [6.07, 6.45) is 3.72. The van der Waals surface area contributed by atoms with Crippen molar-refractivity contribution in [2.24, 2.45) is 0 Å². The Hall–Kier alpha value is -2.48. The van der Waals surface area contributed by atoms with E-state index in [-0.39, 0.29) is 11.9 Å². The van der Waals surface area contributed by atoms with Crippen molar-refractivity contribution >= 4 is 5.91 Å². The summed E-state index contributed by atoms with van der Waals surface area (Å²) in [7, 11) is 1.63. The summed E-state index contributed by atoms with van der Waals surface area (Å²) < 4.78 is 7.44. The predicted octanol–water partition coefficient (Wildman–Crippen LogP) is 2.16. The number of rotatable bonds is 5. The molecule has 2 aromatic heterocycles. The van der Waals surface area contributed by atoms with Gasteiger partial charge in [-0.3, -0.25) is 9.69 Å². The molecule has 8 heteroatoms. The van der Waals surface area contributed by atoms with E-state index >= 15 is 0 Å². The first-order valence-electron chi connectivity index (χ1n) is 10.1. The third kappa shape index (κ3) is 3.73. The first-order valence-corrected chi connectivity index (χ1v) is 10.1. The molecule has 0 radical (unpaired) electrons. The topological polar surface area (TPSA) is 76.4 Å². The molecule has 1 amide bonds. The molecule has 1 fully saturated rings. The third-order valence-electron chi connectivity index (χ3n) is 5.66. The smallest absolute Gasteiger partial charge is 0.222 e. The summed E-state index contributed by atoms with van der Waals surface area (Å²) in [5.41, 5.74) is 0.986. The van der Waals surface area contributed by atoms with E-state index in [1.54, 1.807) is 7.11 Å². The van der Waals surface area contributed by atoms with Crippen molar-refractivity contribution in [3.63, 3.8) is 0 Å². The molecule has 2 aromatic rings.